The molecule has 0 amide bonds. The fraction of sp³-hybridized carbons (Fsp3) is 0.500. The van der Waals surface area contributed by atoms with Gasteiger partial charge in [-0.2, -0.15) is 0 Å². The standard InChI is InChI=1S/C34H41NO8/c1-33(2,3)43-29(37)18-24(17-28(36)40-21-22-9-7-6-8-10-22)32(38)41-25-13-14-34-15-16-35(4)20-23-11-12-26(39-5)31(30(23)34)42-27(34)19-25/h6-14,24-25,27H,15-21H2,1-5H3/t24-,25+,27-,34-/m0/s1. The number of carbonyl (C=O) groups excluding carboxylic acids is 3. The molecule has 1 spiro atoms. The number of methoxy groups -OCH3 is 1. The Morgan fingerprint density at radius 3 is 2.53 bits per heavy atom. The number of carbonyl (C=O) groups is 3. The number of nitrogens with zero attached hydrogens (tertiary/aromatic N) is 1. The zero-order chi connectivity index (χ0) is 30.8. The molecule has 9 heteroatoms. The molecule has 43 heavy (non-hydrogen) atoms. The van der Waals surface area contributed by atoms with Crippen molar-refractivity contribution >= 4 is 17.9 Å². The quantitative estimate of drug-likeness (QED) is 0.229. The van der Waals surface area contributed by atoms with Gasteiger partial charge in [0.15, 0.2) is 11.5 Å². The molecule has 9 nitrogen and oxygen atoms in total. The van der Waals surface area contributed by atoms with E-state index in [1.54, 1.807) is 27.9 Å². The molecule has 2 aromatic carbocycles. The van der Waals surface area contributed by atoms with Crippen molar-refractivity contribution in [3.8, 4) is 11.5 Å². The van der Waals surface area contributed by atoms with Crippen molar-refractivity contribution in [3.05, 3.63) is 71.3 Å². The van der Waals surface area contributed by atoms with Gasteiger partial charge in [0.2, 0.25) is 0 Å². The number of esters is 3. The van der Waals surface area contributed by atoms with Crippen LogP contribution in [0.1, 0.15) is 63.1 Å². The molecule has 0 saturated heterocycles. The summed E-state index contributed by atoms with van der Waals surface area (Å²) in [6.45, 7) is 7.01. The Bertz CT molecular complexity index is 1380. The second kappa shape index (κ2) is 12.4. The molecular formula is C34H41NO8. The topological polar surface area (TPSA) is 101 Å². The van der Waals surface area contributed by atoms with E-state index in [1.165, 1.54) is 5.56 Å². The van der Waals surface area contributed by atoms with Gasteiger partial charge in [-0.25, -0.2) is 0 Å². The number of benzene rings is 2. The zero-order valence-electron chi connectivity index (χ0n) is 25.6. The van der Waals surface area contributed by atoms with Crippen molar-refractivity contribution in [2.75, 3.05) is 20.7 Å². The maximum absolute atomic E-state index is 13.5. The molecule has 1 aliphatic carbocycles. The van der Waals surface area contributed by atoms with Gasteiger partial charge in [-0.1, -0.05) is 42.5 Å². The zero-order valence-corrected chi connectivity index (χ0v) is 25.6. The molecule has 2 aliphatic heterocycles. The summed E-state index contributed by atoms with van der Waals surface area (Å²) in [6.07, 6.45) is 3.87. The fourth-order valence-electron chi connectivity index (χ4n) is 6.22. The van der Waals surface area contributed by atoms with Gasteiger partial charge >= 0.3 is 17.9 Å². The molecule has 0 unspecified atom stereocenters. The normalized spacial score (nSPS) is 23.2. The van der Waals surface area contributed by atoms with Crippen LogP contribution in [0.15, 0.2) is 54.6 Å². The molecule has 0 saturated carbocycles. The van der Waals surface area contributed by atoms with E-state index in [0.29, 0.717) is 12.2 Å². The van der Waals surface area contributed by atoms with Crippen LogP contribution >= 0.6 is 0 Å². The third-order valence-electron chi connectivity index (χ3n) is 8.22. The Kier molecular flexibility index (Phi) is 8.83. The summed E-state index contributed by atoms with van der Waals surface area (Å²) in [5.41, 5.74) is 2.08. The van der Waals surface area contributed by atoms with Gasteiger partial charge in [0.05, 0.1) is 31.3 Å². The first-order valence-electron chi connectivity index (χ1n) is 14.8. The van der Waals surface area contributed by atoms with E-state index >= 15 is 0 Å². The van der Waals surface area contributed by atoms with Crippen LogP contribution in [0.25, 0.3) is 0 Å². The minimum atomic E-state index is -1.05. The van der Waals surface area contributed by atoms with E-state index in [4.69, 9.17) is 23.7 Å². The maximum atomic E-state index is 13.5. The Morgan fingerprint density at radius 2 is 1.81 bits per heavy atom. The number of ether oxygens (including phenoxy) is 5. The fourth-order valence-corrected chi connectivity index (χ4v) is 6.22. The lowest BCUT2D eigenvalue weighted by Crippen LogP contribution is -2.44. The Balaban J connectivity index is 1.31. The van der Waals surface area contributed by atoms with Crippen LogP contribution < -0.4 is 9.47 Å². The van der Waals surface area contributed by atoms with Crippen molar-refractivity contribution in [1.82, 2.24) is 4.90 Å². The molecule has 230 valence electrons. The molecule has 0 radical (unpaired) electrons. The van der Waals surface area contributed by atoms with Crippen molar-refractivity contribution in [3.63, 3.8) is 0 Å². The third-order valence-corrected chi connectivity index (χ3v) is 8.22. The lowest BCUT2D eigenvalue weighted by molar-refractivity contribution is -0.166. The molecule has 2 heterocycles. The minimum absolute atomic E-state index is 0.0710. The lowest BCUT2D eigenvalue weighted by Gasteiger charge is -2.37. The number of hydrogen-bond donors (Lipinski definition) is 0. The third kappa shape index (κ3) is 6.88. The summed E-state index contributed by atoms with van der Waals surface area (Å²) in [5, 5.41) is 0. The van der Waals surface area contributed by atoms with Crippen LogP contribution in [0.2, 0.25) is 0 Å². The number of rotatable bonds is 9. The summed E-state index contributed by atoms with van der Waals surface area (Å²) in [7, 11) is 3.74. The van der Waals surface area contributed by atoms with Gasteiger partial charge in [0.1, 0.15) is 24.4 Å². The van der Waals surface area contributed by atoms with Crippen LogP contribution in [0.3, 0.4) is 0 Å². The molecule has 3 aliphatic rings. The van der Waals surface area contributed by atoms with Crippen molar-refractivity contribution in [2.24, 2.45) is 5.92 Å². The second-order valence-corrected chi connectivity index (χ2v) is 12.7. The highest BCUT2D eigenvalue weighted by molar-refractivity contribution is 5.84. The largest absolute Gasteiger partial charge is 0.493 e. The highest BCUT2D eigenvalue weighted by Gasteiger charge is 2.53. The molecule has 0 aromatic heterocycles. The van der Waals surface area contributed by atoms with Gasteiger partial charge in [-0.15, -0.1) is 0 Å². The first-order valence-corrected chi connectivity index (χ1v) is 14.8. The first kappa shape index (κ1) is 30.6. The van der Waals surface area contributed by atoms with Crippen LogP contribution in [0.4, 0.5) is 0 Å². The van der Waals surface area contributed by atoms with E-state index in [1.807, 2.05) is 42.5 Å². The predicted molar refractivity (Wildman–Crippen MR) is 158 cm³/mol. The molecule has 0 bridgehead atoms. The monoisotopic (exact) mass is 591 g/mol. The summed E-state index contributed by atoms with van der Waals surface area (Å²) in [6, 6.07) is 13.3. The van der Waals surface area contributed by atoms with Crippen molar-refractivity contribution in [2.45, 2.75) is 82.8 Å². The second-order valence-electron chi connectivity index (χ2n) is 12.7. The van der Waals surface area contributed by atoms with E-state index in [0.717, 1.165) is 36.4 Å². The van der Waals surface area contributed by atoms with Crippen LogP contribution in [0, 0.1) is 5.92 Å². The van der Waals surface area contributed by atoms with Crippen LogP contribution in [-0.2, 0) is 47.2 Å². The molecule has 4 atom stereocenters. The Hall–Kier alpha value is -3.85. The maximum Gasteiger partial charge on any atom is 0.310 e. The highest BCUT2D eigenvalue weighted by atomic mass is 16.6. The van der Waals surface area contributed by atoms with E-state index < -0.39 is 35.5 Å². The molecule has 0 N–H and O–H groups in total. The van der Waals surface area contributed by atoms with Crippen molar-refractivity contribution in [1.29, 1.82) is 0 Å². The average Bonchev–Trinajstić information content (AvgIpc) is 3.21. The Labute approximate surface area is 253 Å². The number of hydrogen-bond acceptors (Lipinski definition) is 9. The predicted octanol–water partition coefficient (Wildman–Crippen LogP) is 4.88. The van der Waals surface area contributed by atoms with E-state index in [2.05, 4.69) is 24.1 Å². The van der Waals surface area contributed by atoms with Crippen LogP contribution in [0.5, 0.6) is 11.5 Å². The molecule has 5 rings (SSSR count). The van der Waals surface area contributed by atoms with E-state index in [-0.39, 0.29) is 31.0 Å². The molecular weight excluding hydrogens is 550 g/mol. The SMILES string of the molecule is COc1ccc2c3c1O[C@H]1C[C@H](OC(=O)[C@@H](CC(=O)OCc4ccccc4)CC(=O)OC(C)(C)C)C=C[C@@]31CCN(C)C2. The van der Waals surface area contributed by atoms with Gasteiger partial charge in [0.25, 0.3) is 0 Å². The molecule has 0 fully saturated rings. The van der Waals surface area contributed by atoms with Gasteiger partial charge in [-0.05, 0) is 64.1 Å². The Morgan fingerprint density at radius 1 is 1.07 bits per heavy atom. The van der Waals surface area contributed by atoms with Crippen LogP contribution in [-0.4, -0.2) is 61.3 Å². The van der Waals surface area contributed by atoms with E-state index in [9.17, 15) is 14.4 Å². The van der Waals surface area contributed by atoms with Gasteiger partial charge in [-0.3, -0.25) is 14.4 Å². The van der Waals surface area contributed by atoms with Crippen molar-refractivity contribution < 1.29 is 38.1 Å². The first-order chi connectivity index (χ1) is 20.5. The summed E-state index contributed by atoms with van der Waals surface area (Å²) < 4.78 is 29.0. The van der Waals surface area contributed by atoms with Gasteiger partial charge in [0, 0.05) is 18.5 Å². The summed E-state index contributed by atoms with van der Waals surface area (Å²) in [4.78, 5) is 41.3. The summed E-state index contributed by atoms with van der Waals surface area (Å²) >= 11 is 0. The summed E-state index contributed by atoms with van der Waals surface area (Å²) in [5.74, 6) is -1.44. The minimum Gasteiger partial charge on any atom is -0.493 e. The molecule has 2 aromatic rings. The highest BCUT2D eigenvalue weighted by Crippen LogP contribution is 2.55. The van der Waals surface area contributed by atoms with Gasteiger partial charge < -0.3 is 28.6 Å². The average molecular weight is 592 g/mol. The lowest BCUT2D eigenvalue weighted by atomic mass is 9.69. The smallest absolute Gasteiger partial charge is 0.310 e.